The molecular formula is C15H12F6N2O4. The molecule has 6 N–H and O–H groups in total. The summed E-state index contributed by atoms with van der Waals surface area (Å²) in [7, 11) is 0. The van der Waals surface area contributed by atoms with E-state index in [2.05, 4.69) is 9.47 Å². The van der Waals surface area contributed by atoms with Gasteiger partial charge in [0.05, 0.1) is 11.4 Å². The standard InChI is InChI=1S/C15H12F6N2O4/c16-14(17,18)13(15(19,20)21,26-7-1-3-11(24)9(22)5-7)27-8-2-4-12(25)10(23)6-8/h1-6,24-25H,22-23H2. The van der Waals surface area contributed by atoms with Crippen LogP contribution in [-0.2, 0) is 0 Å². The third-order valence-electron chi connectivity index (χ3n) is 3.27. The smallest absolute Gasteiger partial charge is 0.478 e. The zero-order valence-electron chi connectivity index (χ0n) is 13.1. The van der Waals surface area contributed by atoms with Crippen LogP contribution in [0.5, 0.6) is 23.0 Å². The van der Waals surface area contributed by atoms with E-state index in [9.17, 15) is 36.6 Å². The predicted molar refractivity (Wildman–Crippen MR) is 81.1 cm³/mol. The maximum absolute atomic E-state index is 13.5. The minimum absolute atomic E-state index is 0.514. The van der Waals surface area contributed by atoms with Crippen molar-refractivity contribution in [1.82, 2.24) is 0 Å². The van der Waals surface area contributed by atoms with Crippen molar-refractivity contribution in [2.75, 3.05) is 11.5 Å². The van der Waals surface area contributed by atoms with Crippen molar-refractivity contribution in [3.8, 4) is 23.0 Å². The van der Waals surface area contributed by atoms with Gasteiger partial charge in [0.15, 0.2) is 0 Å². The molecule has 2 rings (SSSR count). The van der Waals surface area contributed by atoms with Gasteiger partial charge in [-0.15, -0.1) is 0 Å². The molecule has 0 radical (unpaired) electrons. The van der Waals surface area contributed by atoms with Gasteiger partial charge < -0.3 is 31.2 Å². The van der Waals surface area contributed by atoms with E-state index in [4.69, 9.17) is 11.5 Å². The lowest BCUT2D eigenvalue weighted by Gasteiger charge is -2.36. The lowest BCUT2D eigenvalue weighted by molar-refractivity contribution is -0.422. The second kappa shape index (κ2) is 6.52. The molecule has 0 atom stereocenters. The van der Waals surface area contributed by atoms with E-state index in [1.54, 1.807) is 0 Å². The molecule has 2 aromatic carbocycles. The van der Waals surface area contributed by atoms with Crippen molar-refractivity contribution in [3.05, 3.63) is 36.4 Å². The minimum atomic E-state index is -6.09. The highest BCUT2D eigenvalue weighted by atomic mass is 19.4. The summed E-state index contributed by atoms with van der Waals surface area (Å²) in [6.07, 6.45) is -12.2. The molecule has 0 bridgehead atoms. The number of phenolic OH excluding ortho intramolecular Hbond substituents is 2. The number of ether oxygens (including phenoxy) is 2. The Kier molecular flexibility index (Phi) is 4.86. The van der Waals surface area contributed by atoms with Crippen molar-refractivity contribution in [1.29, 1.82) is 0 Å². The molecular weight excluding hydrogens is 386 g/mol. The Morgan fingerprint density at radius 1 is 0.667 bits per heavy atom. The summed E-state index contributed by atoms with van der Waals surface area (Å²) >= 11 is 0. The molecule has 27 heavy (non-hydrogen) atoms. The van der Waals surface area contributed by atoms with Gasteiger partial charge in [0, 0.05) is 12.1 Å². The Labute approximate surface area is 147 Å². The molecule has 0 aliphatic carbocycles. The molecule has 0 aliphatic heterocycles. The molecule has 0 spiro atoms. The molecule has 0 aliphatic rings. The number of halogens is 6. The fraction of sp³-hybridized carbons (Fsp3) is 0.200. The van der Waals surface area contributed by atoms with Crippen LogP contribution in [0.15, 0.2) is 36.4 Å². The molecule has 0 amide bonds. The number of alkyl halides is 6. The van der Waals surface area contributed by atoms with Gasteiger partial charge in [-0.05, 0) is 24.3 Å². The molecule has 148 valence electrons. The van der Waals surface area contributed by atoms with Gasteiger partial charge in [-0.3, -0.25) is 0 Å². The molecule has 2 aromatic rings. The maximum atomic E-state index is 13.5. The topological polar surface area (TPSA) is 111 Å². The Balaban J connectivity index is 2.58. The van der Waals surface area contributed by atoms with Gasteiger partial charge in [0.1, 0.15) is 23.0 Å². The van der Waals surface area contributed by atoms with E-state index in [0.717, 1.165) is 12.1 Å². The molecule has 0 fully saturated rings. The number of hydrogen-bond donors (Lipinski definition) is 4. The predicted octanol–water partition coefficient (Wildman–Crippen LogP) is 3.54. The normalized spacial score (nSPS) is 12.7. The average Bonchev–Trinajstić information content (AvgIpc) is 2.51. The van der Waals surface area contributed by atoms with Crippen molar-refractivity contribution >= 4 is 11.4 Å². The number of nitrogens with two attached hydrogens (primary N) is 2. The lowest BCUT2D eigenvalue weighted by Crippen LogP contribution is -2.65. The van der Waals surface area contributed by atoms with Crippen molar-refractivity contribution in [2.24, 2.45) is 0 Å². The summed E-state index contributed by atoms with van der Waals surface area (Å²) in [6.45, 7) is 0. The first-order valence-electron chi connectivity index (χ1n) is 6.95. The number of benzene rings is 2. The van der Waals surface area contributed by atoms with Crippen LogP contribution in [0.25, 0.3) is 0 Å². The quantitative estimate of drug-likeness (QED) is 0.271. The van der Waals surface area contributed by atoms with E-state index in [1.807, 2.05) is 0 Å². The second-order valence-electron chi connectivity index (χ2n) is 5.26. The zero-order chi connectivity index (χ0) is 20.6. The van der Waals surface area contributed by atoms with Crippen LogP contribution in [0.4, 0.5) is 37.7 Å². The van der Waals surface area contributed by atoms with Crippen LogP contribution in [0.3, 0.4) is 0 Å². The van der Waals surface area contributed by atoms with Crippen molar-refractivity contribution in [2.45, 2.75) is 18.1 Å². The number of aromatic hydroxyl groups is 2. The molecule has 6 nitrogen and oxygen atoms in total. The first kappa shape index (κ1) is 20.1. The van der Waals surface area contributed by atoms with Crippen LogP contribution in [0.1, 0.15) is 0 Å². The number of hydrogen-bond acceptors (Lipinski definition) is 6. The van der Waals surface area contributed by atoms with Crippen LogP contribution in [0, 0.1) is 0 Å². The number of phenols is 2. The third-order valence-corrected chi connectivity index (χ3v) is 3.27. The summed E-state index contributed by atoms with van der Waals surface area (Å²) in [5.74, 6) is -8.19. The Hall–Kier alpha value is -3.18. The second-order valence-corrected chi connectivity index (χ2v) is 5.26. The monoisotopic (exact) mass is 398 g/mol. The van der Waals surface area contributed by atoms with Gasteiger partial charge in [0.2, 0.25) is 0 Å². The summed E-state index contributed by atoms with van der Waals surface area (Å²) in [6, 6.07) is 3.92. The van der Waals surface area contributed by atoms with E-state index in [-0.39, 0.29) is 0 Å². The lowest BCUT2D eigenvalue weighted by atomic mass is 10.2. The van der Waals surface area contributed by atoms with Crippen LogP contribution < -0.4 is 20.9 Å². The van der Waals surface area contributed by atoms with Gasteiger partial charge >= 0.3 is 18.1 Å². The van der Waals surface area contributed by atoms with Gasteiger partial charge in [-0.1, -0.05) is 0 Å². The van der Waals surface area contributed by atoms with E-state index < -0.39 is 52.5 Å². The first-order chi connectivity index (χ1) is 12.3. The Bertz CT molecular complexity index is 769. The van der Waals surface area contributed by atoms with Crippen LogP contribution in [0.2, 0.25) is 0 Å². The SMILES string of the molecule is Nc1cc(OC(Oc2ccc(O)c(N)c2)(C(F)(F)F)C(F)(F)F)ccc1O. The number of nitrogen functional groups attached to an aromatic ring is 2. The molecule has 0 heterocycles. The number of rotatable bonds is 4. The minimum Gasteiger partial charge on any atom is -0.506 e. The van der Waals surface area contributed by atoms with Gasteiger partial charge in [-0.2, -0.15) is 26.3 Å². The van der Waals surface area contributed by atoms with Crippen LogP contribution in [-0.4, -0.2) is 28.4 Å². The molecule has 0 unspecified atom stereocenters. The van der Waals surface area contributed by atoms with E-state index >= 15 is 0 Å². The van der Waals surface area contributed by atoms with E-state index in [1.165, 1.54) is 0 Å². The Morgan fingerprint density at radius 3 is 1.26 bits per heavy atom. The highest BCUT2D eigenvalue weighted by Crippen LogP contribution is 2.48. The third kappa shape index (κ3) is 3.83. The number of anilines is 2. The van der Waals surface area contributed by atoms with Crippen molar-refractivity contribution in [3.63, 3.8) is 0 Å². The van der Waals surface area contributed by atoms with Gasteiger partial charge in [0.25, 0.3) is 0 Å². The van der Waals surface area contributed by atoms with Gasteiger partial charge in [-0.25, -0.2) is 0 Å². The molecule has 0 aromatic heterocycles. The largest absolute Gasteiger partial charge is 0.506 e. The fourth-order valence-electron chi connectivity index (χ4n) is 1.94. The fourth-order valence-corrected chi connectivity index (χ4v) is 1.94. The van der Waals surface area contributed by atoms with Crippen molar-refractivity contribution < 1.29 is 46.0 Å². The average molecular weight is 398 g/mol. The molecule has 0 saturated heterocycles. The maximum Gasteiger partial charge on any atom is 0.478 e. The molecule has 0 saturated carbocycles. The first-order valence-corrected chi connectivity index (χ1v) is 6.95. The van der Waals surface area contributed by atoms with E-state index in [0.29, 0.717) is 24.3 Å². The highest BCUT2D eigenvalue weighted by molar-refractivity contribution is 5.56. The summed E-state index contributed by atoms with van der Waals surface area (Å²) in [5, 5.41) is 18.5. The summed E-state index contributed by atoms with van der Waals surface area (Å²) in [4.78, 5) is 0. The summed E-state index contributed by atoms with van der Waals surface area (Å²) < 4.78 is 89.2. The molecule has 12 heteroatoms. The Morgan fingerprint density at radius 2 is 1.00 bits per heavy atom. The zero-order valence-corrected chi connectivity index (χ0v) is 13.1. The highest BCUT2D eigenvalue weighted by Gasteiger charge is 2.77. The van der Waals surface area contributed by atoms with Crippen LogP contribution >= 0.6 is 0 Å². The summed E-state index contributed by atoms with van der Waals surface area (Å²) in [5.41, 5.74) is 9.51.